The van der Waals surface area contributed by atoms with Gasteiger partial charge in [0.25, 0.3) is 0 Å². The molecule has 0 saturated heterocycles. The molecule has 5 heteroatoms. The minimum Gasteiger partial charge on any atom is -0.454 e. The lowest BCUT2D eigenvalue weighted by atomic mass is 10.2. The van der Waals surface area contributed by atoms with E-state index in [2.05, 4.69) is 15.9 Å². The number of rotatable bonds is 3. The Labute approximate surface area is 123 Å². The van der Waals surface area contributed by atoms with Crippen LogP contribution in [-0.4, -0.2) is 6.79 Å². The van der Waals surface area contributed by atoms with Crippen LogP contribution in [0.2, 0.25) is 0 Å². The minimum absolute atomic E-state index is 0.190. The third-order valence-corrected chi connectivity index (χ3v) is 4.60. The molecule has 0 unspecified atom stereocenters. The molecule has 2 aromatic carbocycles. The Balaban J connectivity index is 1.79. The van der Waals surface area contributed by atoms with Gasteiger partial charge in [0.2, 0.25) is 6.79 Å². The first kappa shape index (κ1) is 12.8. The van der Waals surface area contributed by atoms with E-state index in [0.717, 1.165) is 21.5 Å². The average molecular weight is 341 g/mol. The highest BCUT2D eigenvalue weighted by atomic mass is 79.9. The van der Waals surface area contributed by atoms with Gasteiger partial charge < -0.3 is 9.47 Å². The number of ether oxygens (including phenoxy) is 2. The summed E-state index contributed by atoms with van der Waals surface area (Å²) in [6, 6.07) is 10.6. The van der Waals surface area contributed by atoms with Crippen LogP contribution >= 0.6 is 27.7 Å². The van der Waals surface area contributed by atoms with Gasteiger partial charge in [-0.25, -0.2) is 4.39 Å². The second-order valence-electron chi connectivity index (χ2n) is 4.02. The monoisotopic (exact) mass is 340 g/mol. The van der Waals surface area contributed by atoms with E-state index in [4.69, 9.17) is 9.47 Å². The quantitative estimate of drug-likeness (QED) is 0.760. The molecular weight excluding hydrogens is 331 g/mol. The number of fused-ring (bicyclic) bond motifs is 1. The van der Waals surface area contributed by atoms with Gasteiger partial charge in [0.15, 0.2) is 11.5 Å². The molecule has 0 aliphatic carbocycles. The summed E-state index contributed by atoms with van der Waals surface area (Å²) in [5.41, 5.74) is 1.05. The lowest BCUT2D eigenvalue weighted by Gasteiger charge is -2.07. The largest absolute Gasteiger partial charge is 0.454 e. The van der Waals surface area contributed by atoms with Crippen molar-refractivity contribution in [2.75, 3.05) is 6.79 Å². The van der Waals surface area contributed by atoms with E-state index in [1.165, 1.54) is 17.8 Å². The van der Waals surface area contributed by atoms with Crippen molar-refractivity contribution in [3.8, 4) is 11.5 Å². The molecule has 0 N–H and O–H groups in total. The van der Waals surface area contributed by atoms with Crippen LogP contribution in [0.1, 0.15) is 5.56 Å². The Kier molecular flexibility index (Phi) is 3.66. The maximum absolute atomic E-state index is 13.5. The predicted molar refractivity (Wildman–Crippen MR) is 76.2 cm³/mol. The van der Waals surface area contributed by atoms with Gasteiger partial charge in [-0.1, -0.05) is 28.1 Å². The second-order valence-corrected chi connectivity index (χ2v) is 5.89. The summed E-state index contributed by atoms with van der Waals surface area (Å²) in [5, 5.41) is 0. The minimum atomic E-state index is -0.190. The summed E-state index contributed by atoms with van der Waals surface area (Å²) >= 11 is 4.96. The fourth-order valence-corrected chi connectivity index (χ4v) is 3.37. The number of thioether (sulfide) groups is 1. The average Bonchev–Trinajstić information content (AvgIpc) is 2.84. The van der Waals surface area contributed by atoms with Gasteiger partial charge in [-0.2, -0.15) is 0 Å². The molecule has 0 saturated carbocycles. The maximum atomic E-state index is 13.5. The van der Waals surface area contributed by atoms with Crippen LogP contribution in [0.3, 0.4) is 0 Å². The van der Waals surface area contributed by atoms with Crippen LogP contribution in [0.4, 0.5) is 4.39 Å². The van der Waals surface area contributed by atoms with Crippen LogP contribution in [0.25, 0.3) is 0 Å². The van der Waals surface area contributed by atoms with Gasteiger partial charge in [0.1, 0.15) is 5.82 Å². The summed E-state index contributed by atoms with van der Waals surface area (Å²) in [6.07, 6.45) is 0. The molecule has 1 aliphatic heterocycles. The number of hydrogen-bond acceptors (Lipinski definition) is 3. The summed E-state index contributed by atoms with van der Waals surface area (Å²) in [7, 11) is 0. The highest BCUT2D eigenvalue weighted by molar-refractivity contribution is 9.10. The Morgan fingerprint density at radius 1 is 1.16 bits per heavy atom. The third-order valence-electron chi connectivity index (χ3n) is 2.76. The number of halogens is 2. The smallest absolute Gasteiger partial charge is 0.231 e. The molecule has 0 bridgehead atoms. The molecule has 19 heavy (non-hydrogen) atoms. The van der Waals surface area contributed by atoms with Gasteiger partial charge in [0.05, 0.1) is 0 Å². The van der Waals surface area contributed by atoms with E-state index in [9.17, 15) is 4.39 Å². The SMILES string of the molecule is Fc1ccccc1SCc1cc2c(cc1Br)OCO2. The lowest BCUT2D eigenvalue weighted by molar-refractivity contribution is 0.174. The summed E-state index contributed by atoms with van der Waals surface area (Å²) in [5.74, 6) is 1.96. The number of benzene rings is 2. The normalized spacial score (nSPS) is 12.7. The standard InChI is InChI=1S/C14H10BrFO2S/c15-10-6-13-12(17-8-18-13)5-9(10)7-19-14-4-2-1-3-11(14)16/h1-6H,7-8H2. The van der Waals surface area contributed by atoms with E-state index < -0.39 is 0 Å². The fourth-order valence-electron chi connectivity index (χ4n) is 1.79. The van der Waals surface area contributed by atoms with Crippen molar-refractivity contribution in [3.05, 3.63) is 52.3 Å². The van der Waals surface area contributed by atoms with Crippen LogP contribution in [0, 0.1) is 5.82 Å². The first-order valence-corrected chi connectivity index (χ1v) is 7.47. The van der Waals surface area contributed by atoms with Crippen LogP contribution in [0.5, 0.6) is 11.5 Å². The van der Waals surface area contributed by atoms with E-state index >= 15 is 0 Å². The predicted octanol–water partition coefficient (Wildman–Crippen LogP) is 4.61. The third kappa shape index (κ3) is 2.72. The first-order chi connectivity index (χ1) is 9.24. The molecule has 1 heterocycles. The zero-order valence-electron chi connectivity index (χ0n) is 9.86. The van der Waals surface area contributed by atoms with E-state index in [1.807, 2.05) is 18.2 Å². The van der Waals surface area contributed by atoms with Gasteiger partial charge in [0, 0.05) is 15.1 Å². The summed E-state index contributed by atoms with van der Waals surface area (Å²) in [6.45, 7) is 0.256. The van der Waals surface area contributed by atoms with Gasteiger partial charge in [-0.05, 0) is 29.8 Å². The molecule has 98 valence electrons. The second kappa shape index (κ2) is 5.43. The molecule has 0 aromatic heterocycles. The Hall–Kier alpha value is -1.20. The molecule has 0 fully saturated rings. The highest BCUT2D eigenvalue weighted by Crippen LogP contribution is 2.39. The van der Waals surface area contributed by atoms with Gasteiger partial charge in [-0.3, -0.25) is 0 Å². The molecule has 2 nitrogen and oxygen atoms in total. The maximum Gasteiger partial charge on any atom is 0.231 e. The van der Waals surface area contributed by atoms with Crippen molar-refractivity contribution in [1.82, 2.24) is 0 Å². The van der Waals surface area contributed by atoms with Crippen molar-refractivity contribution in [2.45, 2.75) is 10.6 Å². The Morgan fingerprint density at radius 3 is 2.68 bits per heavy atom. The molecule has 2 aromatic rings. The molecular formula is C14H10BrFO2S. The van der Waals surface area contributed by atoms with Crippen molar-refractivity contribution in [2.24, 2.45) is 0 Å². The highest BCUT2D eigenvalue weighted by Gasteiger charge is 2.16. The Morgan fingerprint density at radius 2 is 1.89 bits per heavy atom. The zero-order chi connectivity index (χ0) is 13.2. The van der Waals surface area contributed by atoms with Crippen molar-refractivity contribution in [3.63, 3.8) is 0 Å². The number of hydrogen-bond donors (Lipinski definition) is 0. The van der Waals surface area contributed by atoms with Crippen molar-refractivity contribution >= 4 is 27.7 Å². The molecule has 3 rings (SSSR count). The van der Waals surface area contributed by atoms with Crippen LogP contribution in [0.15, 0.2) is 45.8 Å². The lowest BCUT2D eigenvalue weighted by Crippen LogP contribution is -1.92. The molecule has 0 atom stereocenters. The van der Waals surface area contributed by atoms with Crippen molar-refractivity contribution in [1.29, 1.82) is 0 Å². The molecule has 0 radical (unpaired) electrons. The van der Waals surface area contributed by atoms with E-state index in [-0.39, 0.29) is 12.6 Å². The van der Waals surface area contributed by atoms with E-state index in [0.29, 0.717) is 10.6 Å². The fraction of sp³-hybridized carbons (Fsp3) is 0.143. The zero-order valence-corrected chi connectivity index (χ0v) is 12.3. The van der Waals surface area contributed by atoms with Gasteiger partial charge >= 0.3 is 0 Å². The topological polar surface area (TPSA) is 18.5 Å². The van der Waals surface area contributed by atoms with Crippen LogP contribution in [-0.2, 0) is 5.75 Å². The molecule has 0 amide bonds. The molecule has 1 aliphatic rings. The summed E-state index contributed by atoms with van der Waals surface area (Å²) in [4.78, 5) is 0.645. The van der Waals surface area contributed by atoms with Gasteiger partial charge in [-0.15, -0.1) is 11.8 Å². The van der Waals surface area contributed by atoms with Crippen molar-refractivity contribution < 1.29 is 13.9 Å². The van der Waals surface area contributed by atoms with Crippen LogP contribution < -0.4 is 9.47 Å². The first-order valence-electron chi connectivity index (χ1n) is 5.69. The molecule has 0 spiro atoms. The summed E-state index contributed by atoms with van der Waals surface area (Å²) < 4.78 is 25.1. The van der Waals surface area contributed by atoms with E-state index in [1.54, 1.807) is 12.1 Å². The Bertz CT molecular complexity index is 618.